The summed E-state index contributed by atoms with van der Waals surface area (Å²) < 4.78 is 10.5. The van der Waals surface area contributed by atoms with Crippen molar-refractivity contribution in [2.45, 2.75) is 19.3 Å². The quantitative estimate of drug-likeness (QED) is 0.703. The van der Waals surface area contributed by atoms with Gasteiger partial charge in [0, 0.05) is 19.4 Å². The Kier molecular flexibility index (Phi) is 6.20. The van der Waals surface area contributed by atoms with Crippen LogP contribution >= 0.6 is 0 Å². The number of hydrogen-bond donors (Lipinski definition) is 0. The van der Waals surface area contributed by atoms with Gasteiger partial charge in [-0.25, -0.2) is 4.79 Å². The molecule has 2 amide bonds. The fourth-order valence-electron chi connectivity index (χ4n) is 2.92. The molecular weight excluding hydrogens is 346 g/mol. The summed E-state index contributed by atoms with van der Waals surface area (Å²) in [6.07, 6.45) is 1.70. The number of benzene rings is 2. The van der Waals surface area contributed by atoms with Crippen molar-refractivity contribution in [3.8, 4) is 5.75 Å². The molecule has 0 N–H and O–H groups in total. The zero-order chi connectivity index (χ0) is 19.1. The summed E-state index contributed by atoms with van der Waals surface area (Å²) in [6.45, 7) is -0.356. The minimum absolute atomic E-state index is 0.220. The van der Waals surface area contributed by atoms with Crippen molar-refractivity contribution in [2.24, 2.45) is 0 Å². The van der Waals surface area contributed by atoms with E-state index in [9.17, 15) is 14.4 Å². The number of hydrogen-bond acceptors (Lipinski definition) is 5. The molecule has 27 heavy (non-hydrogen) atoms. The fraction of sp³-hybridized carbons (Fsp3) is 0.286. The van der Waals surface area contributed by atoms with Gasteiger partial charge in [0.1, 0.15) is 5.75 Å². The topological polar surface area (TPSA) is 72.9 Å². The molecule has 2 aromatic rings. The van der Waals surface area contributed by atoms with E-state index in [1.807, 2.05) is 48.5 Å². The Morgan fingerprint density at radius 2 is 1.70 bits per heavy atom. The molecule has 0 aromatic heterocycles. The SMILES string of the molecule is O=C(COc1ccccc1Cc1ccccc1)OCC(=O)N1CCCC1=O. The molecule has 140 valence electrons. The van der Waals surface area contributed by atoms with E-state index >= 15 is 0 Å². The van der Waals surface area contributed by atoms with Crippen LogP contribution in [0.3, 0.4) is 0 Å². The van der Waals surface area contributed by atoms with E-state index in [1.54, 1.807) is 6.07 Å². The van der Waals surface area contributed by atoms with Gasteiger partial charge in [0.2, 0.25) is 5.91 Å². The zero-order valence-electron chi connectivity index (χ0n) is 14.9. The van der Waals surface area contributed by atoms with Crippen LogP contribution in [-0.2, 0) is 25.5 Å². The van der Waals surface area contributed by atoms with Crippen molar-refractivity contribution in [1.29, 1.82) is 0 Å². The molecule has 2 aromatic carbocycles. The molecular formula is C21H21NO5. The Morgan fingerprint density at radius 3 is 2.44 bits per heavy atom. The Balaban J connectivity index is 1.50. The normalized spacial score (nSPS) is 13.5. The number of carbonyl (C=O) groups excluding carboxylic acids is 3. The first-order valence-corrected chi connectivity index (χ1v) is 8.87. The molecule has 1 saturated heterocycles. The van der Waals surface area contributed by atoms with Crippen molar-refractivity contribution in [3.05, 3.63) is 65.7 Å². The molecule has 0 spiro atoms. The van der Waals surface area contributed by atoms with Crippen LogP contribution in [0, 0.1) is 0 Å². The summed E-state index contributed by atoms with van der Waals surface area (Å²) in [5, 5.41) is 0. The van der Waals surface area contributed by atoms with Crippen LogP contribution in [0.1, 0.15) is 24.0 Å². The number of para-hydroxylation sites is 1. The van der Waals surface area contributed by atoms with Gasteiger partial charge in [0.15, 0.2) is 13.2 Å². The van der Waals surface area contributed by atoms with E-state index in [4.69, 9.17) is 9.47 Å². The molecule has 1 heterocycles. The van der Waals surface area contributed by atoms with E-state index in [-0.39, 0.29) is 12.5 Å². The second-order valence-corrected chi connectivity index (χ2v) is 6.26. The lowest BCUT2D eigenvalue weighted by Gasteiger charge is -2.14. The second kappa shape index (κ2) is 8.98. The van der Waals surface area contributed by atoms with Gasteiger partial charge in [0.25, 0.3) is 5.91 Å². The molecule has 0 radical (unpaired) electrons. The van der Waals surface area contributed by atoms with Crippen LogP contribution in [-0.4, -0.2) is 42.4 Å². The van der Waals surface area contributed by atoms with Crippen LogP contribution in [0.25, 0.3) is 0 Å². The van der Waals surface area contributed by atoms with Crippen LogP contribution < -0.4 is 4.74 Å². The van der Waals surface area contributed by atoms with Crippen LogP contribution in [0.15, 0.2) is 54.6 Å². The van der Waals surface area contributed by atoms with Crippen molar-refractivity contribution in [3.63, 3.8) is 0 Å². The number of esters is 1. The highest BCUT2D eigenvalue weighted by Gasteiger charge is 2.27. The molecule has 0 aliphatic carbocycles. The zero-order valence-corrected chi connectivity index (χ0v) is 14.9. The lowest BCUT2D eigenvalue weighted by Crippen LogP contribution is -2.35. The van der Waals surface area contributed by atoms with E-state index in [0.29, 0.717) is 31.6 Å². The highest BCUT2D eigenvalue weighted by atomic mass is 16.6. The van der Waals surface area contributed by atoms with Crippen LogP contribution in [0.2, 0.25) is 0 Å². The minimum Gasteiger partial charge on any atom is -0.482 e. The summed E-state index contributed by atoms with van der Waals surface area (Å²) in [6, 6.07) is 17.4. The second-order valence-electron chi connectivity index (χ2n) is 6.26. The van der Waals surface area contributed by atoms with Crippen molar-refractivity contribution in [2.75, 3.05) is 19.8 Å². The molecule has 1 fully saturated rings. The highest BCUT2D eigenvalue weighted by Crippen LogP contribution is 2.21. The average Bonchev–Trinajstić information content (AvgIpc) is 3.12. The number of imide groups is 1. The van der Waals surface area contributed by atoms with Gasteiger partial charge >= 0.3 is 5.97 Å². The lowest BCUT2D eigenvalue weighted by atomic mass is 10.0. The number of amides is 2. The van der Waals surface area contributed by atoms with Gasteiger partial charge in [-0.1, -0.05) is 48.5 Å². The average molecular weight is 367 g/mol. The molecule has 0 atom stereocenters. The third kappa shape index (κ3) is 5.17. The van der Waals surface area contributed by atoms with Crippen LogP contribution in [0.4, 0.5) is 0 Å². The Morgan fingerprint density at radius 1 is 0.963 bits per heavy atom. The van der Waals surface area contributed by atoms with Gasteiger partial charge in [-0.3, -0.25) is 14.5 Å². The van der Waals surface area contributed by atoms with Gasteiger partial charge < -0.3 is 9.47 Å². The first-order valence-electron chi connectivity index (χ1n) is 8.87. The Hall–Kier alpha value is -3.15. The number of rotatable bonds is 7. The largest absolute Gasteiger partial charge is 0.482 e. The molecule has 6 heteroatoms. The lowest BCUT2D eigenvalue weighted by molar-refractivity contribution is -0.156. The summed E-state index contributed by atoms with van der Waals surface area (Å²) >= 11 is 0. The summed E-state index contributed by atoms with van der Waals surface area (Å²) in [5.74, 6) is -0.763. The van der Waals surface area contributed by atoms with E-state index in [0.717, 1.165) is 16.0 Å². The molecule has 3 rings (SSSR count). The molecule has 0 saturated carbocycles. The first kappa shape index (κ1) is 18.6. The van der Waals surface area contributed by atoms with Gasteiger partial charge in [-0.15, -0.1) is 0 Å². The van der Waals surface area contributed by atoms with Crippen molar-refractivity contribution in [1.82, 2.24) is 4.90 Å². The summed E-state index contributed by atoms with van der Waals surface area (Å²) in [5.41, 5.74) is 2.09. The number of ether oxygens (including phenoxy) is 2. The van der Waals surface area contributed by atoms with E-state index < -0.39 is 18.5 Å². The number of likely N-dealkylation sites (tertiary alicyclic amines) is 1. The predicted octanol–water partition coefficient (Wildman–Crippen LogP) is 2.35. The van der Waals surface area contributed by atoms with E-state index in [1.165, 1.54) is 0 Å². The first-order chi connectivity index (χ1) is 13.1. The van der Waals surface area contributed by atoms with Gasteiger partial charge in [-0.05, 0) is 23.6 Å². The molecule has 1 aliphatic heterocycles. The van der Waals surface area contributed by atoms with Gasteiger partial charge in [0.05, 0.1) is 0 Å². The minimum atomic E-state index is -0.649. The van der Waals surface area contributed by atoms with Crippen LogP contribution in [0.5, 0.6) is 5.75 Å². The monoisotopic (exact) mass is 367 g/mol. The summed E-state index contributed by atoms with van der Waals surface area (Å²) in [4.78, 5) is 36.4. The number of nitrogens with zero attached hydrogens (tertiary/aromatic N) is 1. The molecule has 6 nitrogen and oxygen atoms in total. The smallest absolute Gasteiger partial charge is 0.344 e. The maximum Gasteiger partial charge on any atom is 0.344 e. The Labute approximate surface area is 157 Å². The third-order valence-corrected chi connectivity index (χ3v) is 4.29. The summed E-state index contributed by atoms with van der Waals surface area (Å²) in [7, 11) is 0. The predicted molar refractivity (Wildman–Crippen MR) is 98.1 cm³/mol. The molecule has 0 unspecified atom stereocenters. The highest BCUT2D eigenvalue weighted by molar-refractivity contribution is 5.97. The maximum absolute atomic E-state index is 11.9. The molecule has 1 aliphatic rings. The third-order valence-electron chi connectivity index (χ3n) is 4.29. The standard InChI is InChI=1S/C21H21NO5/c23-19-11-6-12-22(19)20(24)14-27-21(25)15-26-18-10-5-4-9-17(18)13-16-7-2-1-3-8-16/h1-5,7-10H,6,11-15H2. The fourth-order valence-corrected chi connectivity index (χ4v) is 2.92. The molecule has 0 bridgehead atoms. The van der Waals surface area contributed by atoms with Gasteiger partial charge in [-0.2, -0.15) is 0 Å². The number of carbonyl (C=O) groups is 3. The van der Waals surface area contributed by atoms with Crippen molar-refractivity contribution < 1.29 is 23.9 Å². The van der Waals surface area contributed by atoms with E-state index in [2.05, 4.69) is 0 Å². The van der Waals surface area contributed by atoms with Crippen molar-refractivity contribution >= 4 is 17.8 Å². The maximum atomic E-state index is 11.9. The Bertz CT molecular complexity index is 818.